The molecule has 0 amide bonds. The standard InChI is InChI=1S/C9H10ClFOS/c1-13-9-7(10)4-6(2-3-12)5-8(9)11/h4-5,12H,2-3H2,1H3. The molecule has 0 fully saturated rings. The van der Waals surface area contributed by atoms with Crippen molar-refractivity contribution in [1.82, 2.24) is 0 Å². The second-order valence-electron chi connectivity index (χ2n) is 2.57. The van der Waals surface area contributed by atoms with Crippen LogP contribution in [0, 0.1) is 5.82 Å². The molecule has 0 saturated heterocycles. The summed E-state index contributed by atoms with van der Waals surface area (Å²) in [6.07, 6.45) is 2.21. The molecule has 0 atom stereocenters. The molecule has 0 bridgehead atoms. The summed E-state index contributed by atoms with van der Waals surface area (Å²) in [5, 5.41) is 9.07. The van der Waals surface area contributed by atoms with E-state index in [4.69, 9.17) is 16.7 Å². The lowest BCUT2D eigenvalue weighted by Gasteiger charge is -2.05. The summed E-state index contributed by atoms with van der Waals surface area (Å²) in [6, 6.07) is 3.10. The highest BCUT2D eigenvalue weighted by Gasteiger charge is 2.07. The Bertz CT molecular complexity index is 281. The van der Waals surface area contributed by atoms with Gasteiger partial charge in [-0.3, -0.25) is 0 Å². The summed E-state index contributed by atoms with van der Waals surface area (Å²) >= 11 is 7.11. The first-order valence-electron chi connectivity index (χ1n) is 3.81. The van der Waals surface area contributed by atoms with Crippen LogP contribution >= 0.6 is 23.4 Å². The Balaban J connectivity index is 3.05. The fourth-order valence-corrected chi connectivity index (χ4v) is 2.05. The van der Waals surface area contributed by atoms with Crippen LogP contribution in [-0.2, 0) is 6.42 Å². The molecule has 4 heteroatoms. The molecule has 1 nitrogen and oxygen atoms in total. The molecule has 0 aliphatic heterocycles. The van der Waals surface area contributed by atoms with Crippen molar-refractivity contribution in [1.29, 1.82) is 0 Å². The molecular weight excluding hydrogens is 211 g/mol. The van der Waals surface area contributed by atoms with Gasteiger partial charge >= 0.3 is 0 Å². The van der Waals surface area contributed by atoms with Crippen LogP contribution < -0.4 is 0 Å². The minimum absolute atomic E-state index is 0.00832. The van der Waals surface area contributed by atoms with Gasteiger partial charge in [0, 0.05) is 6.61 Å². The quantitative estimate of drug-likeness (QED) is 0.791. The molecule has 0 aliphatic rings. The molecular formula is C9H10ClFOS. The van der Waals surface area contributed by atoms with E-state index < -0.39 is 0 Å². The highest BCUT2D eigenvalue weighted by Crippen LogP contribution is 2.29. The maximum atomic E-state index is 13.2. The number of thioether (sulfide) groups is 1. The number of rotatable bonds is 3. The number of hydrogen-bond donors (Lipinski definition) is 1. The van der Waals surface area contributed by atoms with E-state index in [-0.39, 0.29) is 12.4 Å². The van der Waals surface area contributed by atoms with E-state index in [9.17, 15) is 4.39 Å². The third kappa shape index (κ3) is 2.59. The van der Waals surface area contributed by atoms with Gasteiger partial charge in [-0.15, -0.1) is 11.8 Å². The van der Waals surface area contributed by atoms with Crippen molar-refractivity contribution in [2.75, 3.05) is 12.9 Å². The van der Waals surface area contributed by atoms with Gasteiger partial charge in [-0.2, -0.15) is 0 Å². The molecule has 0 aromatic heterocycles. The van der Waals surface area contributed by atoms with Crippen molar-refractivity contribution in [3.63, 3.8) is 0 Å². The van der Waals surface area contributed by atoms with E-state index >= 15 is 0 Å². The Labute approximate surface area is 85.9 Å². The van der Waals surface area contributed by atoms with Crippen LogP contribution in [0.3, 0.4) is 0 Å². The van der Waals surface area contributed by atoms with Crippen molar-refractivity contribution < 1.29 is 9.50 Å². The van der Waals surface area contributed by atoms with Gasteiger partial charge in [-0.05, 0) is 30.4 Å². The second kappa shape index (κ2) is 4.84. The monoisotopic (exact) mass is 220 g/mol. The molecule has 0 unspecified atom stereocenters. The van der Waals surface area contributed by atoms with E-state index in [1.54, 1.807) is 12.3 Å². The normalized spacial score (nSPS) is 10.5. The van der Waals surface area contributed by atoms with Crippen LogP contribution in [0.15, 0.2) is 17.0 Å². The topological polar surface area (TPSA) is 20.2 Å². The summed E-state index contributed by atoms with van der Waals surface area (Å²) in [5.74, 6) is -0.316. The van der Waals surface area contributed by atoms with Crippen molar-refractivity contribution in [3.05, 3.63) is 28.5 Å². The lowest BCUT2D eigenvalue weighted by Crippen LogP contribution is -1.93. The van der Waals surface area contributed by atoms with Crippen LogP contribution in [0.4, 0.5) is 4.39 Å². The minimum Gasteiger partial charge on any atom is -0.396 e. The van der Waals surface area contributed by atoms with E-state index in [1.807, 2.05) is 0 Å². The van der Waals surface area contributed by atoms with E-state index in [0.717, 1.165) is 5.56 Å². The van der Waals surface area contributed by atoms with Crippen LogP contribution in [0.2, 0.25) is 5.02 Å². The van der Waals surface area contributed by atoms with Crippen molar-refractivity contribution in [2.45, 2.75) is 11.3 Å². The minimum atomic E-state index is -0.316. The fraction of sp³-hybridized carbons (Fsp3) is 0.333. The van der Waals surface area contributed by atoms with Crippen LogP contribution in [0.1, 0.15) is 5.56 Å². The lowest BCUT2D eigenvalue weighted by molar-refractivity contribution is 0.299. The lowest BCUT2D eigenvalue weighted by atomic mass is 10.1. The average Bonchev–Trinajstić information content (AvgIpc) is 2.04. The summed E-state index contributed by atoms with van der Waals surface area (Å²) in [7, 11) is 0. The average molecular weight is 221 g/mol. The number of aliphatic hydroxyl groups is 1. The van der Waals surface area contributed by atoms with Crippen LogP contribution in [-0.4, -0.2) is 18.0 Å². The van der Waals surface area contributed by atoms with Crippen molar-refractivity contribution in [2.24, 2.45) is 0 Å². The zero-order chi connectivity index (χ0) is 9.84. The van der Waals surface area contributed by atoms with Gasteiger partial charge in [0.2, 0.25) is 0 Å². The Morgan fingerprint density at radius 2 is 2.23 bits per heavy atom. The zero-order valence-electron chi connectivity index (χ0n) is 7.18. The van der Waals surface area contributed by atoms with Crippen LogP contribution in [0.5, 0.6) is 0 Å². The Morgan fingerprint density at radius 3 is 2.69 bits per heavy atom. The summed E-state index contributed by atoms with van der Waals surface area (Å²) in [6.45, 7) is 0.00832. The predicted octanol–water partition coefficient (Wildman–Crippen LogP) is 2.74. The fourth-order valence-electron chi connectivity index (χ4n) is 1.08. The maximum Gasteiger partial charge on any atom is 0.138 e. The van der Waals surface area contributed by atoms with Crippen molar-refractivity contribution >= 4 is 23.4 Å². The zero-order valence-corrected chi connectivity index (χ0v) is 8.75. The molecule has 1 aromatic carbocycles. The van der Waals surface area contributed by atoms with E-state index in [0.29, 0.717) is 16.3 Å². The predicted molar refractivity (Wildman–Crippen MR) is 54.0 cm³/mol. The molecule has 0 aliphatic carbocycles. The van der Waals surface area contributed by atoms with Gasteiger partial charge in [0.05, 0.1) is 9.92 Å². The summed E-state index contributed by atoms with van der Waals surface area (Å²) in [5.41, 5.74) is 0.725. The summed E-state index contributed by atoms with van der Waals surface area (Å²) in [4.78, 5) is 0.461. The Hall–Kier alpha value is -0.250. The molecule has 0 saturated carbocycles. The van der Waals surface area contributed by atoms with Gasteiger partial charge in [-0.25, -0.2) is 4.39 Å². The van der Waals surface area contributed by atoms with Gasteiger partial charge in [-0.1, -0.05) is 11.6 Å². The third-order valence-corrected chi connectivity index (χ3v) is 2.90. The largest absolute Gasteiger partial charge is 0.396 e. The molecule has 0 heterocycles. The first-order chi connectivity index (χ1) is 6.19. The van der Waals surface area contributed by atoms with E-state index in [2.05, 4.69) is 0 Å². The van der Waals surface area contributed by atoms with Crippen LogP contribution in [0.25, 0.3) is 0 Å². The molecule has 1 N–H and O–H groups in total. The van der Waals surface area contributed by atoms with E-state index in [1.165, 1.54) is 17.8 Å². The molecule has 0 spiro atoms. The van der Waals surface area contributed by atoms with Gasteiger partial charge in [0.25, 0.3) is 0 Å². The third-order valence-electron chi connectivity index (χ3n) is 1.66. The highest BCUT2D eigenvalue weighted by atomic mass is 35.5. The van der Waals surface area contributed by atoms with Gasteiger partial charge < -0.3 is 5.11 Å². The molecule has 0 radical (unpaired) electrons. The number of benzene rings is 1. The number of hydrogen-bond acceptors (Lipinski definition) is 2. The highest BCUT2D eigenvalue weighted by molar-refractivity contribution is 7.98. The van der Waals surface area contributed by atoms with Crippen molar-refractivity contribution in [3.8, 4) is 0 Å². The first kappa shape index (κ1) is 10.8. The molecule has 1 rings (SSSR count). The second-order valence-corrected chi connectivity index (χ2v) is 3.79. The van der Waals surface area contributed by atoms with Gasteiger partial charge in [0.1, 0.15) is 5.82 Å². The molecule has 13 heavy (non-hydrogen) atoms. The SMILES string of the molecule is CSc1c(F)cc(CCO)cc1Cl. The molecule has 72 valence electrons. The smallest absolute Gasteiger partial charge is 0.138 e. The summed E-state index contributed by atoms with van der Waals surface area (Å²) < 4.78 is 13.2. The number of halogens is 2. The number of aliphatic hydroxyl groups excluding tert-OH is 1. The Morgan fingerprint density at radius 1 is 1.54 bits per heavy atom. The first-order valence-corrected chi connectivity index (χ1v) is 5.42. The van der Waals surface area contributed by atoms with Gasteiger partial charge in [0.15, 0.2) is 0 Å². The maximum absolute atomic E-state index is 13.2. The Kier molecular flexibility index (Phi) is 4.03. The molecule has 1 aromatic rings.